The quantitative estimate of drug-likeness (QED) is 0.831. The van der Waals surface area contributed by atoms with Gasteiger partial charge in [-0.25, -0.2) is 0 Å². The number of carbonyl (C=O) groups excluding carboxylic acids is 1. The highest BCUT2D eigenvalue weighted by atomic mass is 79.9. The number of anilines is 1. The Labute approximate surface area is 152 Å². The number of nitrogens with one attached hydrogen (secondary N) is 1. The van der Waals surface area contributed by atoms with Gasteiger partial charge in [-0.2, -0.15) is 0 Å². The first kappa shape index (κ1) is 17.2. The van der Waals surface area contributed by atoms with Gasteiger partial charge in [0.05, 0.1) is 5.92 Å². The highest BCUT2D eigenvalue weighted by molar-refractivity contribution is 9.10. The van der Waals surface area contributed by atoms with Gasteiger partial charge >= 0.3 is 0 Å². The minimum Gasteiger partial charge on any atom is -0.326 e. The predicted molar refractivity (Wildman–Crippen MR) is 102 cm³/mol. The molecule has 1 N–H and O–H groups in total. The van der Waals surface area contributed by atoms with Crippen molar-refractivity contribution in [1.29, 1.82) is 0 Å². The Kier molecular flexibility index (Phi) is 5.69. The third kappa shape index (κ3) is 4.46. The third-order valence-electron chi connectivity index (χ3n) is 4.55. The van der Waals surface area contributed by atoms with Gasteiger partial charge in [0.1, 0.15) is 0 Å². The van der Waals surface area contributed by atoms with Crippen molar-refractivity contribution in [2.24, 2.45) is 5.92 Å². The molecular formula is C20H23BrN2O. The molecular weight excluding hydrogens is 364 g/mol. The number of nitrogens with zero attached hydrogens (tertiary/aromatic N) is 1. The van der Waals surface area contributed by atoms with Gasteiger partial charge in [-0.15, -0.1) is 0 Å². The fraction of sp³-hybridized carbons (Fsp3) is 0.350. The number of halogens is 1. The molecule has 126 valence electrons. The summed E-state index contributed by atoms with van der Waals surface area (Å²) in [6.45, 7) is 4.84. The van der Waals surface area contributed by atoms with Crippen molar-refractivity contribution in [3.05, 3.63) is 64.1 Å². The highest BCUT2D eigenvalue weighted by Gasteiger charge is 2.25. The lowest BCUT2D eigenvalue weighted by Gasteiger charge is -2.32. The lowest BCUT2D eigenvalue weighted by molar-refractivity contribution is -0.121. The number of rotatable bonds is 4. The van der Waals surface area contributed by atoms with E-state index >= 15 is 0 Å². The van der Waals surface area contributed by atoms with Crippen molar-refractivity contribution in [1.82, 2.24) is 4.90 Å². The summed E-state index contributed by atoms with van der Waals surface area (Å²) in [5.41, 5.74) is 3.31. The van der Waals surface area contributed by atoms with Crippen LogP contribution in [0.3, 0.4) is 0 Å². The van der Waals surface area contributed by atoms with Gasteiger partial charge in [0, 0.05) is 23.2 Å². The van der Waals surface area contributed by atoms with E-state index in [4.69, 9.17) is 0 Å². The molecule has 1 fully saturated rings. The van der Waals surface area contributed by atoms with Crippen molar-refractivity contribution in [2.75, 3.05) is 18.4 Å². The fourth-order valence-corrected chi connectivity index (χ4v) is 3.47. The maximum absolute atomic E-state index is 12.6. The number of likely N-dealkylation sites (tertiary alicyclic amines) is 1. The monoisotopic (exact) mass is 386 g/mol. The maximum Gasteiger partial charge on any atom is 0.228 e. The molecule has 0 spiro atoms. The van der Waals surface area contributed by atoms with Gasteiger partial charge in [0.15, 0.2) is 0 Å². The van der Waals surface area contributed by atoms with Gasteiger partial charge in [-0.3, -0.25) is 9.69 Å². The maximum atomic E-state index is 12.6. The Balaban J connectivity index is 1.59. The van der Waals surface area contributed by atoms with Crippen LogP contribution < -0.4 is 5.32 Å². The lowest BCUT2D eigenvalue weighted by atomic mass is 9.96. The summed E-state index contributed by atoms with van der Waals surface area (Å²) < 4.78 is 1.06. The van der Waals surface area contributed by atoms with E-state index in [1.54, 1.807) is 0 Å². The average molecular weight is 387 g/mol. The van der Waals surface area contributed by atoms with Crippen LogP contribution in [0.1, 0.15) is 24.0 Å². The SMILES string of the molecule is Cc1cc(NC(=O)C2CCCN(Cc3ccccc3)C2)ccc1Br. The van der Waals surface area contributed by atoms with E-state index in [0.29, 0.717) is 0 Å². The first-order valence-electron chi connectivity index (χ1n) is 8.45. The summed E-state index contributed by atoms with van der Waals surface area (Å²) >= 11 is 3.49. The molecule has 0 saturated carbocycles. The Bertz CT molecular complexity index is 702. The van der Waals surface area contributed by atoms with E-state index < -0.39 is 0 Å². The Hall–Kier alpha value is -1.65. The van der Waals surface area contributed by atoms with E-state index in [1.165, 1.54) is 5.56 Å². The Morgan fingerprint density at radius 1 is 1.25 bits per heavy atom. The van der Waals surface area contributed by atoms with Crippen LogP contribution in [0.4, 0.5) is 5.69 Å². The molecule has 1 unspecified atom stereocenters. The first-order chi connectivity index (χ1) is 11.6. The van der Waals surface area contributed by atoms with Crippen LogP contribution in [0.2, 0.25) is 0 Å². The van der Waals surface area contributed by atoms with Crippen molar-refractivity contribution < 1.29 is 4.79 Å². The molecule has 1 aliphatic heterocycles. The second kappa shape index (κ2) is 7.95. The zero-order chi connectivity index (χ0) is 16.9. The second-order valence-corrected chi connectivity index (χ2v) is 7.37. The summed E-state index contributed by atoms with van der Waals surface area (Å²) in [5, 5.41) is 3.08. The largest absolute Gasteiger partial charge is 0.326 e. The second-order valence-electron chi connectivity index (χ2n) is 6.51. The van der Waals surface area contributed by atoms with E-state index in [2.05, 4.69) is 50.4 Å². The van der Waals surface area contributed by atoms with Crippen LogP contribution in [0.5, 0.6) is 0 Å². The number of amides is 1. The normalized spacial score (nSPS) is 18.3. The standard InChI is InChI=1S/C20H23BrN2O/c1-15-12-18(9-10-19(15)21)22-20(24)17-8-5-11-23(14-17)13-16-6-3-2-4-7-16/h2-4,6-7,9-10,12,17H,5,8,11,13-14H2,1H3,(H,22,24). The summed E-state index contributed by atoms with van der Waals surface area (Å²) in [7, 11) is 0. The number of hydrogen-bond donors (Lipinski definition) is 1. The van der Waals surface area contributed by atoms with Gasteiger partial charge in [-0.05, 0) is 55.6 Å². The zero-order valence-electron chi connectivity index (χ0n) is 14.0. The first-order valence-corrected chi connectivity index (χ1v) is 9.24. The number of piperidine rings is 1. The van der Waals surface area contributed by atoms with E-state index in [-0.39, 0.29) is 11.8 Å². The molecule has 24 heavy (non-hydrogen) atoms. The Morgan fingerprint density at radius 2 is 2.04 bits per heavy atom. The smallest absolute Gasteiger partial charge is 0.228 e. The topological polar surface area (TPSA) is 32.3 Å². The van der Waals surface area contributed by atoms with Crippen LogP contribution in [-0.2, 0) is 11.3 Å². The van der Waals surface area contributed by atoms with Crippen LogP contribution >= 0.6 is 15.9 Å². The summed E-state index contributed by atoms with van der Waals surface area (Å²) in [6, 6.07) is 16.4. The molecule has 4 heteroatoms. The van der Waals surface area contributed by atoms with Gasteiger partial charge in [-0.1, -0.05) is 46.3 Å². The molecule has 1 aliphatic rings. The number of carbonyl (C=O) groups is 1. The molecule has 0 radical (unpaired) electrons. The van der Waals surface area contributed by atoms with Gasteiger partial charge in [0.2, 0.25) is 5.91 Å². The molecule has 0 bridgehead atoms. The summed E-state index contributed by atoms with van der Waals surface area (Å²) in [6.07, 6.45) is 2.04. The van der Waals surface area contributed by atoms with Crippen LogP contribution in [0.15, 0.2) is 53.0 Å². The minimum atomic E-state index is 0.0615. The predicted octanol–water partition coefficient (Wildman–Crippen LogP) is 4.61. The van der Waals surface area contributed by atoms with Gasteiger partial charge in [0.25, 0.3) is 0 Å². The molecule has 3 rings (SSSR count). The van der Waals surface area contributed by atoms with E-state index in [0.717, 1.165) is 48.2 Å². The lowest BCUT2D eigenvalue weighted by Crippen LogP contribution is -2.40. The fourth-order valence-electron chi connectivity index (χ4n) is 3.22. The molecule has 2 aromatic carbocycles. The molecule has 2 aromatic rings. The van der Waals surface area contributed by atoms with Crippen molar-refractivity contribution in [3.8, 4) is 0 Å². The molecule has 1 amide bonds. The summed E-state index contributed by atoms with van der Waals surface area (Å²) in [4.78, 5) is 15.0. The summed E-state index contributed by atoms with van der Waals surface area (Å²) in [5.74, 6) is 0.195. The van der Waals surface area contributed by atoms with Crippen molar-refractivity contribution in [2.45, 2.75) is 26.3 Å². The van der Waals surface area contributed by atoms with Crippen molar-refractivity contribution >= 4 is 27.5 Å². The van der Waals surface area contributed by atoms with Crippen molar-refractivity contribution in [3.63, 3.8) is 0 Å². The minimum absolute atomic E-state index is 0.0615. The van der Waals surface area contributed by atoms with Gasteiger partial charge < -0.3 is 5.32 Å². The molecule has 1 saturated heterocycles. The van der Waals surface area contributed by atoms with Crippen LogP contribution in [0, 0.1) is 12.8 Å². The molecule has 1 atom stereocenters. The number of hydrogen-bond acceptors (Lipinski definition) is 2. The number of benzene rings is 2. The molecule has 0 aromatic heterocycles. The average Bonchev–Trinajstić information content (AvgIpc) is 2.59. The Morgan fingerprint density at radius 3 is 2.79 bits per heavy atom. The van der Waals surface area contributed by atoms with E-state index in [1.807, 2.05) is 31.2 Å². The number of aryl methyl sites for hydroxylation is 1. The highest BCUT2D eigenvalue weighted by Crippen LogP contribution is 2.23. The van der Waals surface area contributed by atoms with E-state index in [9.17, 15) is 4.79 Å². The molecule has 0 aliphatic carbocycles. The van der Waals surface area contributed by atoms with Crippen LogP contribution in [0.25, 0.3) is 0 Å². The molecule has 1 heterocycles. The zero-order valence-corrected chi connectivity index (χ0v) is 15.6. The molecule has 3 nitrogen and oxygen atoms in total. The van der Waals surface area contributed by atoms with Crippen LogP contribution in [-0.4, -0.2) is 23.9 Å². The third-order valence-corrected chi connectivity index (χ3v) is 5.44.